The molecule has 0 saturated heterocycles. The van der Waals surface area contributed by atoms with Crippen molar-refractivity contribution in [3.05, 3.63) is 0 Å². The van der Waals surface area contributed by atoms with E-state index in [9.17, 15) is 9.59 Å². The van der Waals surface area contributed by atoms with Crippen molar-refractivity contribution in [3.8, 4) is 0 Å². The van der Waals surface area contributed by atoms with Crippen molar-refractivity contribution in [1.29, 1.82) is 0 Å². The van der Waals surface area contributed by atoms with Crippen molar-refractivity contribution in [2.24, 2.45) is 11.3 Å². The minimum absolute atomic E-state index is 0.122. The van der Waals surface area contributed by atoms with Gasteiger partial charge < -0.3 is 15.2 Å². The van der Waals surface area contributed by atoms with E-state index >= 15 is 0 Å². The minimum Gasteiger partial charge on any atom is -0.481 e. The van der Waals surface area contributed by atoms with E-state index in [4.69, 9.17) is 9.84 Å². The molecule has 1 saturated carbocycles. The molecule has 1 aliphatic carbocycles. The number of carboxylic acid groups (broad SMARTS) is 1. The summed E-state index contributed by atoms with van der Waals surface area (Å²) in [7, 11) is 0. The standard InChI is InChI=1S/C14H25NO4/c1-11(2)9-19-13(18)15-10-14(8-12(16)17)6-4-3-5-7-14/h11H,3-10H2,1-2H3,(H,15,18)(H,16,17). The van der Waals surface area contributed by atoms with E-state index < -0.39 is 12.1 Å². The number of aliphatic carboxylic acids is 1. The summed E-state index contributed by atoms with van der Waals surface area (Å²) in [6.45, 7) is 4.73. The quantitative estimate of drug-likeness (QED) is 0.779. The van der Waals surface area contributed by atoms with Crippen molar-refractivity contribution in [3.63, 3.8) is 0 Å². The van der Waals surface area contributed by atoms with Gasteiger partial charge in [0, 0.05) is 6.54 Å². The zero-order valence-corrected chi connectivity index (χ0v) is 11.9. The molecule has 0 aliphatic heterocycles. The van der Waals surface area contributed by atoms with E-state index in [0.29, 0.717) is 19.1 Å². The zero-order valence-electron chi connectivity index (χ0n) is 11.9. The molecule has 19 heavy (non-hydrogen) atoms. The van der Waals surface area contributed by atoms with Crippen LogP contribution in [0, 0.1) is 11.3 Å². The molecule has 1 fully saturated rings. The van der Waals surface area contributed by atoms with Crippen molar-refractivity contribution < 1.29 is 19.4 Å². The Labute approximate surface area is 114 Å². The smallest absolute Gasteiger partial charge is 0.407 e. The molecule has 0 unspecified atom stereocenters. The van der Waals surface area contributed by atoms with Gasteiger partial charge in [0.2, 0.25) is 0 Å². The third-order valence-electron chi connectivity index (χ3n) is 3.60. The van der Waals surface area contributed by atoms with Crippen LogP contribution < -0.4 is 5.32 Å². The second-order valence-electron chi connectivity index (χ2n) is 5.98. The largest absolute Gasteiger partial charge is 0.481 e. The molecule has 110 valence electrons. The van der Waals surface area contributed by atoms with Crippen molar-refractivity contribution in [1.82, 2.24) is 5.32 Å². The van der Waals surface area contributed by atoms with E-state index in [1.807, 2.05) is 13.8 Å². The van der Waals surface area contributed by atoms with Gasteiger partial charge in [-0.15, -0.1) is 0 Å². The summed E-state index contributed by atoms with van der Waals surface area (Å²) < 4.78 is 5.05. The molecule has 0 aromatic heterocycles. The Kier molecular flexibility index (Phi) is 6.12. The van der Waals surface area contributed by atoms with E-state index in [0.717, 1.165) is 32.1 Å². The highest BCUT2D eigenvalue weighted by atomic mass is 16.5. The molecule has 0 aromatic carbocycles. The highest BCUT2D eigenvalue weighted by molar-refractivity contribution is 5.69. The van der Waals surface area contributed by atoms with E-state index in [-0.39, 0.29) is 11.8 Å². The maximum atomic E-state index is 11.5. The van der Waals surface area contributed by atoms with Crippen LogP contribution in [0.2, 0.25) is 0 Å². The van der Waals surface area contributed by atoms with Crippen LogP contribution in [0.15, 0.2) is 0 Å². The van der Waals surface area contributed by atoms with E-state index in [2.05, 4.69) is 5.32 Å². The molecule has 2 N–H and O–H groups in total. The Bertz CT molecular complexity index is 309. The van der Waals surface area contributed by atoms with Crippen LogP contribution in [-0.4, -0.2) is 30.3 Å². The molecule has 0 atom stereocenters. The lowest BCUT2D eigenvalue weighted by Gasteiger charge is -2.36. The SMILES string of the molecule is CC(C)COC(=O)NCC1(CC(=O)O)CCCCC1. The summed E-state index contributed by atoms with van der Waals surface area (Å²) in [5.74, 6) is -0.493. The second-order valence-corrected chi connectivity index (χ2v) is 5.98. The topological polar surface area (TPSA) is 75.6 Å². The van der Waals surface area contributed by atoms with E-state index in [1.54, 1.807) is 0 Å². The van der Waals surface area contributed by atoms with Gasteiger partial charge in [0.15, 0.2) is 0 Å². The second kappa shape index (κ2) is 7.36. The third kappa shape index (κ3) is 5.94. The van der Waals surface area contributed by atoms with Crippen LogP contribution in [0.3, 0.4) is 0 Å². The van der Waals surface area contributed by atoms with Crippen molar-refractivity contribution in [2.45, 2.75) is 52.4 Å². The number of rotatable bonds is 6. The molecule has 0 radical (unpaired) electrons. The normalized spacial score (nSPS) is 18.1. The molecule has 0 heterocycles. The average molecular weight is 271 g/mol. The van der Waals surface area contributed by atoms with Crippen LogP contribution in [0.1, 0.15) is 52.4 Å². The first-order valence-electron chi connectivity index (χ1n) is 7.06. The fourth-order valence-electron chi connectivity index (χ4n) is 2.59. The van der Waals surface area contributed by atoms with Gasteiger partial charge in [-0.3, -0.25) is 4.79 Å². The fraction of sp³-hybridized carbons (Fsp3) is 0.857. The zero-order chi connectivity index (χ0) is 14.3. The summed E-state index contributed by atoms with van der Waals surface area (Å²) >= 11 is 0. The lowest BCUT2D eigenvalue weighted by Crippen LogP contribution is -2.40. The monoisotopic (exact) mass is 271 g/mol. The number of carbonyl (C=O) groups is 2. The first-order chi connectivity index (χ1) is 8.93. The van der Waals surface area contributed by atoms with Crippen molar-refractivity contribution in [2.75, 3.05) is 13.2 Å². The van der Waals surface area contributed by atoms with Gasteiger partial charge in [0.1, 0.15) is 0 Å². The number of alkyl carbamates (subject to hydrolysis) is 1. The van der Waals surface area contributed by atoms with Crippen LogP contribution in [0.25, 0.3) is 0 Å². The fourth-order valence-corrected chi connectivity index (χ4v) is 2.59. The predicted molar refractivity (Wildman–Crippen MR) is 72.0 cm³/mol. The van der Waals surface area contributed by atoms with Gasteiger partial charge in [-0.2, -0.15) is 0 Å². The number of carboxylic acids is 1. The molecule has 0 bridgehead atoms. The molecule has 0 aromatic rings. The van der Waals surface area contributed by atoms with Crippen LogP contribution >= 0.6 is 0 Å². The molecular weight excluding hydrogens is 246 g/mol. The predicted octanol–water partition coefficient (Wildman–Crippen LogP) is 2.79. The van der Waals surface area contributed by atoms with Gasteiger partial charge in [0.25, 0.3) is 0 Å². The molecule has 5 nitrogen and oxygen atoms in total. The number of amides is 1. The Morgan fingerprint density at radius 3 is 2.42 bits per heavy atom. The molecule has 1 aliphatic rings. The van der Waals surface area contributed by atoms with Crippen LogP contribution in [0.5, 0.6) is 0 Å². The maximum Gasteiger partial charge on any atom is 0.407 e. The lowest BCUT2D eigenvalue weighted by molar-refractivity contribution is -0.140. The van der Waals surface area contributed by atoms with Crippen LogP contribution in [0.4, 0.5) is 4.79 Å². The minimum atomic E-state index is -0.792. The summed E-state index contributed by atoms with van der Waals surface area (Å²) in [5, 5.41) is 11.8. The summed E-state index contributed by atoms with van der Waals surface area (Å²) in [4.78, 5) is 22.5. The maximum absolute atomic E-state index is 11.5. The Hall–Kier alpha value is -1.26. The number of hydrogen-bond donors (Lipinski definition) is 2. The molecule has 0 spiro atoms. The van der Waals surface area contributed by atoms with E-state index in [1.165, 1.54) is 0 Å². The summed E-state index contributed by atoms with van der Waals surface area (Å²) in [5.41, 5.74) is -0.291. The third-order valence-corrected chi connectivity index (χ3v) is 3.60. The van der Waals surface area contributed by atoms with Gasteiger partial charge >= 0.3 is 12.1 Å². The van der Waals surface area contributed by atoms with Gasteiger partial charge in [-0.05, 0) is 24.2 Å². The first kappa shape index (κ1) is 15.8. The molecule has 5 heteroatoms. The molecular formula is C14H25NO4. The Balaban J connectivity index is 2.44. The average Bonchev–Trinajstić information content (AvgIpc) is 2.34. The van der Waals surface area contributed by atoms with Crippen LogP contribution in [-0.2, 0) is 9.53 Å². The van der Waals surface area contributed by atoms with Gasteiger partial charge in [0.05, 0.1) is 13.0 Å². The highest BCUT2D eigenvalue weighted by Crippen LogP contribution is 2.38. The van der Waals surface area contributed by atoms with Gasteiger partial charge in [-0.25, -0.2) is 4.79 Å². The number of nitrogens with one attached hydrogen (secondary N) is 1. The first-order valence-corrected chi connectivity index (χ1v) is 7.06. The summed E-state index contributed by atoms with van der Waals surface area (Å²) in [6, 6.07) is 0. The highest BCUT2D eigenvalue weighted by Gasteiger charge is 2.34. The Morgan fingerprint density at radius 2 is 1.89 bits per heavy atom. The van der Waals surface area contributed by atoms with Gasteiger partial charge in [-0.1, -0.05) is 33.1 Å². The Morgan fingerprint density at radius 1 is 1.26 bits per heavy atom. The number of carbonyl (C=O) groups excluding carboxylic acids is 1. The number of hydrogen-bond acceptors (Lipinski definition) is 3. The van der Waals surface area contributed by atoms with Crippen molar-refractivity contribution >= 4 is 12.1 Å². The molecule has 1 rings (SSSR count). The summed E-state index contributed by atoms with van der Waals surface area (Å²) in [6.07, 6.45) is 4.64. The number of ether oxygens (including phenoxy) is 1. The lowest BCUT2D eigenvalue weighted by atomic mass is 9.72. The molecule has 1 amide bonds.